The molecule has 1 unspecified atom stereocenters. The van der Waals surface area contributed by atoms with Crippen molar-refractivity contribution in [1.82, 2.24) is 4.90 Å². The molecule has 4 nitrogen and oxygen atoms in total. The van der Waals surface area contributed by atoms with Crippen LogP contribution in [0.3, 0.4) is 0 Å². The molecule has 1 atom stereocenters. The first-order valence-electron chi connectivity index (χ1n) is 6.45. The number of carbonyl (C=O) groups is 2. The second-order valence-corrected chi connectivity index (χ2v) is 5.27. The van der Waals surface area contributed by atoms with Crippen molar-refractivity contribution in [2.24, 2.45) is 0 Å². The Bertz CT molecular complexity index is 527. The van der Waals surface area contributed by atoms with Crippen molar-refractivity contribution in [1.29, 1.82) is 0 Å². The van der Waals surface area contributed by atoms with Gasteiger partial charge in [0.1, 0.15) is 12.3 Å². The molecule has 0 spiro atoms. The molecular weight excluding hydrogens is 278 g/mol. The molecule has 0 amide bonds. The van der Waals surface area contributed by atoms with Crippen LogP contribution >= 0.6 is 11.6 Å². The zero-order valence-electron chi connectivity index (χ0n) is 11.0. The fourth-order valence-electron chi connectivity index (χ4n) is 2.36. The third kappa shape index (κ3) is 3.46. The molecule has 0 radical (unpaired) electrons. The van der Waals surface area contributed by atoms with Crippen LogP contribution in [0, 0.1) is 0 Å². The molecule has 0 fully saturated rings. The van der Waals surface area contributed by atoms with Gasteiger partial charge in [-0.1, -0.05) is 41.9 Å². The van der Waals surface area contributed by atoms with Crippen LogP contribution in [0.4, 0.5) is 0 Å². The molecule has 1 heterocycles. The van der Waals surface area contributed by atoms with Gasteiger partial charge < -0.3 is 5.11 Å². The number of nitrogens with zero attached hydrogens (tertiary/aromatic N) is 1. The maximum Gasteiger partial charge on any atom is 0.321 e. The summed E-state index contributed by atoms with van der Waals surface area (Å²) in [7, 11) is 0. The van der Waals surface area contributed by atoms with Crippen LogP contribution in [0.1, 0.15) is 18.4 Å². The third-order valence-corrected chi connectivity index (χ3v) is 3.88. The molecule has 1 aromatic carbocycles. The Hall–Kier alpha value is -1.65. The van der Waals surface area contributed by atoms with E-state index in [1.54, 1.807) is 0 Å². The van der Waals surface area contributed by atoms with Gasteiger partial charge in [-0.2, -0.15) is 0 Å². The molecule has 0 aromatic heterocycles. The summed E-state index contributed by atoms with van der Waals surface area (Å²) in [6.07, 6.45) is 1.39. The van der Waals surface area contributed by atoms with Crippen molar-refractivity contribution in [2.75, 3.05) is 6.54 Å². The van der Waals surface area contributed by atoms with Gasteiger partial charge in [-0.15, -0.1) is 0 Å². The number of halogens is 1. The van der Waals surface area contributed by atoms with Crippen LogP contribution in [0.5, 0.6) is 0 Å². The summed E-state index contributed by atoms with van der Waals surface area (Å²) in [5.41, 5.74) is 1.55. The number of carboxylic acids is 1. The van der Waals surface area contributed by atoms with Gasteiger partial charge in [0.25, 0.3) is 0 Å². The zero-order valence-corrected chi connectivity index (χ0v) is 11.7. The van der Waals surface area contributed by atoms with Gasteiger partial charge in [0, 0.05) is 30.1 Å². The van der Waals surface area contributed by atoms with Crippen molar-refractivity contribution < 1.29 is 14.7 Å². The number of aldehydes is 1. The normalized spacial score (nSPS) is 20.6. The van der Waals surface area contributed by atoms with Crippen LogP contribution in [-0.2, 0) is 16.1 Å². The van der Waals surface area contributed by atoms with E-state index in [2.05, 4.69) is 0 Å². The predicted molar refractivity (Wildman–Crippen MR) is 76.5 cm³/mol. The molecular formula is C15H16ClNO3. The second kappa shape index (κ2) is 6.68. The standard InChI is InChI=1S/C15H16ClNO3/c16-13-8-14(15(19)20)17(7-6-12(13)10-18)9-11-4-2-1-3-5-11/h1-5,10,14H,6-9H2,(H,19,20). The van der Waals surface area contributed by atoms with E-state index >= 15 is 0 Å². The lowest BCUT2D eigenvalue weighted by atomic mass is 10.1. The smallest absolute Gasteiger partial charge is 0.321 e. The van der Waals surface area contributed by atoms with Crippen LogP contribution < -0.4 is 0 Å². The lowest BCUT2D eigenvalue weighted by Gasteiger charge is -2.26. The molecule has 0 saturated carbocycles. The SMILES string of the molecule is O=CC1=C(Cl)CC(C(=O)O)N(Cc2ccccc2)CC1. The van der Waals surface area contributed by atoms with E-state index in [0.717, 1.165) is 11.8 Å². The van der Waals surface area contributed by atoms with Gasteiger partial charge in [-0.25, -0.2) is 0 Å². The second-order valence-electron chi connectivity index (χ2n) is 4.81. The largest absolute Gasteiger partial charge is 0.480 e. The molecule has 0 bridgehead atoms. The topological polar surface area (TPSA) is 57.6 Å². The summed E-state index contributed by atoms with van der Waals surface area (Å²) in [6.45, 7) is 1.05. The van der Waals surface area contributed by atoms with Crippen molar-refractivity contribution >= 4 is 23.9 Å². The summed E-state index contributed by atoms with van der Waals surface area (Å²) < 4.78 is 0. The highest BCUT2D eigenvalue weighted by atomic mass is 35.5. The Morgan fingerprint density at radius 1 is 1.40 bits per heavy atom. The van der Waals surface area contributed by atoms with Crippen LogP contribution in [-0.4, -0.2) is 34.8 Å². The van der Waals surface area contributed by atoms with Gasteiger partial charge in [0.2, 0.25) is 0 Å². The Morgan fingerprint density at radius 3 is 2.70 bits per heavy atom. The van der Waals surface area contributed by atoms with Crippen molar-refractivity contribution in [2.45, 2.75) is 25.4 Å². The summed E-state index contributed by atoms with van der Waals surface area (Å²) >= 11 is 6.05. The lowest BCUT2D eigenvalue weighted by Crippen LogP contribution is -2.40. The summed E-state index contributed by atoms with van der Waals surface area (Å²) in [5, 5.41) is 9.74. The van der Waals surface area contributed by atoms with Crippen molar-refractivity contribution in [3.63, 3.8) is 0 Å². The monoisotopic (exact) mass is 293 g/mol. The van der Waals surface area contributed by atoms with Gasteiger partial charge in [0.05, 0.1) is 0 Å². The third-order valence-electron chi connectivity index (χ3n) is 3.49. The van der Waals surface area contributed by atoms with E-state index in [4.69, 9.17) is 11.6 Å². The highest BCUT2D eigenvalue weighted by molar-refractivity contribution is 6.31. The minimum Gasteiger partial charge on any atom is -0.480 e. The Morgan fingerprint density at radius 2 is 2.10 bits per heavy atom. The minimum atomic E-state index is -0.911. The molecule has 0 saturated heterocycles. The van der Waals surface area contributed by atoms with Gasteiger partial charge in [-0.05, 0) is 12.0 Å². The first-order valence-corrected chi connectivity index (χ1v) is 6.83. The highest BCUT2D eigenvalue weighted by Crippen LogP contribution is 2.26. The summed E-state index contributed by atoms with van der Waals surface area (Å²) in [6, 6.07) is 8.98. The van der Waals surface area contributed by atoms with Crippen molar-refractivity contribution in [3.8, 4) is 0 Å². The maximum atomic E-state index is 11.4. The van der Waals surface area contributed by atoms with Gasteiger partial charge in [0.15, 0.2) is 0 Å². The fourth-order valence-corrected chi connectivity index (χ4v) is 2.64. The van der Waals surface area contributed by atoms with E-state index in [0.29, 0.717) is 30.1 Å². The summed E-state index contributed by atoms with van der Waals surface area (Å²) in [4.78, 5) is 24.3. The Balaban J connectivity index is 2.19. The predicted octanol–water partition coefficient (Wildman–Crippen LogP) is 2.43. The quantitative estimate of drug-likeness (QED) is 0.866. The molecule has 1 aliphatic heterocycles. The van der Waals surface area contributed by atoms with E-state index in [1.165, 1.54) is 0 Å². The van der Waals surface area contributed by atoms with Crippen LogP contribution in [0.2, 0.25) is 0 Å². The molecule has 5 heteroatoms. The molecule has 1 aromatic rings. The van der Waals surface area contributed by atoms with E-state index in [1.807, 2.05) is 35.2 Å². The molecule has 106 valence electrons. The average molecular weight is 294 g/mol. The number of carboxylic acid groups (broad SMARTS) is 1. The number of hydrogen-bond acceptors (Lipinski definition) is 3. The zero-order chi connectivity index (χ0) is 14.5. The highest BCUT2D eigenvalue weighted by Gasteiger charge is 2.30. The van der Waals surface area contributed by atoms with Crippen LogP contribution in [0.15, 0.2) is 40.9 Å². The number of aliphatic carboxylic acids is 1. The van der Waals surface area contributed by atoms with E-state index in [9.17, 15) is 14.7 Å². The average Bonchev–Trinajstić information content (AvgIpc) is 2.60. The first-order chi connectivity index (χ1) is 9.61. The molecule has 2 rings (SSSR count). The number of hydrogen-bond donors (Lipinski definition) is 1. The van der Waals surface area contributed by atoms with E-state index in [-0.39, 0.29) is 6.42 Å². The number of rotatable bonds is 4. The van der Waals surface area contributed by atoms with Gasteiger partial charge in [-0.3, -0.25) is 14.5 Å². The summed E-state index contributed by atoms with van der Waals surface area (Å²) in [5.74, 6) is -0.911. The molecule has 20 heavy (non-hydrogen) atoms. The fraction of sp³-hybridized carbons (Fsp3) is 0.333. The van der Waals surface area contributed by atoms with Crippen molar-refractivity contribution in [3.05, 3.63) is 46.5 Å². The van der Waals surface area contributed by atoms with E-state index < -0.39 is 12.0 Å². The molecule has 1 aliphatic rings. The lowest BCUT2D eigenvalue weighted by molar-refractivity contribution is -0.143. The Kier molecular flexibility index (Phi) is 4.93. The first kappa shape index (κ1) is 14.8. The van der Waals surface area contributed by atoms with Gasteiger partial charge >= 0.3 is 5.97 Å². The Labute approximate surface area is 122 Å². The molecule has 1 N–H and O–H groups in total. The maximum absolute atomic E-state index is 11.4. The van der Waals surface area contributed by atoms with Crippen LogP contribution in [0.25, 0.3) is 0 Å². The minimum absolute atomic E-state index is 0.178. The number of benzene rings is 1. The molecule has 0 aliphatic carbocycles. The number of carbonyl (C=O) groups excluding carboxylic acids is 1.